The zero-order valence-electron chi connectivity index (χ0n) is 12.9. The van der Waals surface area contributed by atoms with Crippen LogP contribution in [-0.4, -0.2) is 66.1 Å². The number of nitrogens with two attached hydrogens (primary N) is 1. The minimum Gasteiger partial charge on any atom is -0.481 e. The Hall–Kier alpha value is -1.47. The highest BCUT2D eigenvalue weighted by Gasteiger charge is 2.55. The van der Waals surface area contributed by atoms with E-state index in [9.17, 15) is 27.9 Å². The van der Waals surface area contributed by atoms with Gasteiger partial charge < -0.3 is 20.3 Å². The molecule has 0 bridgehead atoms. The van der Waals surface area contributed by atoms with E-state index < -0.39 is 29.4 Å². The van der Waals surface area contributed by atoms with Crippen molar-refractivity contribution in [1.82, 2.24) is 19.7 Å². The zero-order valence-corrected chi connectivity index (χ0v) is 14.5. The van der Waals surface area contributed by atoms with E-state index in [0.717, 1.165) is 16.3 Å². The first-order chi connectivity index (χ1) is 11.6. The monoisotopic (exact) mass is 397 g/mol. The minimum absolute atomic E-state index is 0.0243. The van der Waals surface area contributed by atoms with Crippen LogP contribution in [-0.2, 0) is 22.8 Å². The summed E-state index contributed by atoms with van der Waals surface area (Å²) in [6.07, 6.45) is -4.64. The number of amides is 1. The van der Waals surface area contributed by atoms with E-state index >= 15 is 0 Å². The highest BCUT2D eigenvalue weighted by Crippen LogP contribution is 2.44. The van der Waals surface area contributed by atoms with Crippen LogP contribution in [0.1, 0.15) is 5.82 Å². The smallest absolute Gasteiger partial charge is 0.451 e. The van der Waals surface area contributed by atoms with Gasteiger partial charge in [0, 0.05) is 25.1 Å². The van der Waals surface area contributed by atoms with Gasteiger partial charge in [-0.2, -0.15) is 13.2 Å². The van der Waals surface area contributed by atoms with Crippen LogP contribution in [0.5, 0.6) is 0 Å². The van der Waals surface area contributed by atoms with Gasteiger partial charge in [0.05, 0.1) is 0 Å². The summed E-state index contributed by atoms with van der Waals surface area (Å²) in [6.45, 7) is -0.0243. The number of aliphatic carboxylic acids is 1. The number of nitrogens with zero attached hydrogens (tertiary/aromatic N) is 4. The van der Waals surface area contributed by atoms with E-state index in [4.69, 9.17) is 5.73 Å². The van der Waals surface area contributed by atoms with Crippen molar-refractivity contribution >= 4 is 35.4 Å². The van der Waals surface area contributed by atoms with E-state index in [1.807, 2.05) is 0 Å². The number of carboxylic acids is 1. The van der Waals surface area contributed by atoms with Crippen molar-refractivity contribution in [2.45, 2.75) is 22.7 Å². The average molecular weight is 397 g/mol. The van der Waals surface area contributed by atoms with Crippen molar-refractivity contribution in [2.24, 2.45) is 18.2 Å². The fraction of sp³-hybridized carbons (Fsp3) is 0.667. The Balaban J connectivity index is 1.75. The summed E-state index contributed by atoms with van der Waals surface area (Å²) in [6, 6.07) is -0.627. The molecule has 2 aliphatic heterocycles. The molecule has 0 saturated carbocycles. The lowest BCUT2D eigenvalue weighted by molar-refractivity contribution is -0.155. The number of rotatable bonds is 4. The van der Waals surface area contributed by atoms with Crippen LogP contribution in [0.4, 0.5) is 13.2 Å². The number of β-lactam (4-membered cyclic amide) rings is 1. The predicted molar refractivity (Wildman–Crippen MR) is 82.7 cm³/mol. The molecule has 1 amide bonds. The molecular formula is C12H14F3N5O3S2. The first-order valence-corrected chi connectivity index (χ1v) is 9.11. The Morgan fingerprint density at radius 3 is 2.76 bits per heavy atom. The van der Waals surface area contributed by atoms with Crippen molar-refractivity contribution in [1.29, 1.82) is 0 Å². The molecule has 2 aliphatic rings. The topological polar surface area (TPSA) is 114 Å². The normalized spacial score (nSPS) is 29.3. The second-order valence-electron chi connectivity index (χ2n) is 5.93. The third kappa shape index (κ3) is 2.97. The molecule has 0 radical (unpaired) electrons. The Morgan fingerprint density at radius 1 is 1.52 bits per heavy atom. The van der Waals surface area contributed by atoms with Gasteiger partial charge in [0.25, 0.3) is 0 Å². The van der Waals surface area contributed by atoms with Gasteiger partial charge in [0.15, 0.2) is 5.16 Å². The Bertz CT molecular complexity index is 727. The molecule has 25 heavy (non-hydrogen) atoms. The lowest BCUT2D eigenvalue weighted by atomic mass is 9.89. The molecule has 0 aromatic carbocycles. The molecule has 138 valence electrons. The van der Waals surface area contributed by atoms with Crippen LogP contribution in [0.15, 0.2) is 5.16 Å². The second-order valence-corrected chi connectivity index (χ2v) is 7.98. The van der Waals surface area contributed by atoms with Gasteiger partial charge in [0.1, 0.15) is 16.8 Å². The van der Waals surface area contributed by atoms with Gasteiger partial charge in [-0.3, -0.25) is 9.59 Å². The molecule has 3 atom stereocenters. The molecule has 0 aliphatic carbocycles. The summed E-state index contributed by atoms with van der Waals surface area (Å²) in [5.74, 6) is -2.41. The maximum absolute atomic E-state index is 12.8. The lowest BCUT2D eigenvalue weighted by Gasteiger charge is -2.52. The largest absolute Gasteiger partial charge is 0.481 e. The summed E-state index contributed by atoms with van der Waals surface area (Å²) in [4.78, 5) is 25.0. The van der Waals surface area contributed by atoms with Crippen LogP contribution in [0.2, 0.25) is 0 Å². The molecule has 8 nitrogen and oxygen atoms in total. The third-order valence-corrected chi connectivity index (χ3v) is 7.12. The van der Waals surface area contributed by atoms with E-state index in [2.05, 4.69) is 10.2 Å². The van der Waals surface area contributed by atoms with Gasteiger partial charge >= 0.3 is 12.1 Å². The number of carboxylic acid groups (broad SMARTS) is 1. The highest BCUT2D eigenvalue weighted by molar-refractivity contribution is 8.00. The highest BCUT2D eigenvalue weighted by atomic mass is 32.2. The zero-order chi connectivity index (χ0) is 18.6. The molecule has 3 N–H and O–H groups in total. The first-order valence-electron chi connectivity index (χ1n) is 7.07. The van der Waals surface area contributed by atoms with E-state index in [1.54, 1.807) is 0 Å². The molecule has 3 rings (SSSR count). The molecule has 2 fully saturated rings. The number of carbonyl (C=O) groups excluding carboxylic acids is 1. The maximum Gasteiger partial charge on any atom is 0.451 e. The molecule has 0 spiro atoms. The van der Waals surface area contributed by atoms with Crippen molar-refractivity contribution in [3.05, 3.63) is 5.82 Å². The van der Waals surface area contributed by atoms with Crippen LogP contribution < -0.4 is 5.73 Å². The third-order valence-electron chi connectivity index (χ3n) is 4.21. The lowest BCUT2D eigenvalue weighted by Crippen LogP contribution is -2.72. The molecular weight excluding hydrogens is 383 g/mol. The number of alkyl halides is 3. The fourth-order valence-corrected chi connectivity index (χ4v) is 5.42. The van der Waals surface area contributed by atoms with E-state index in [1.165, 1.54) is 23.7 Å². The predicted octanol–water partition coefficient (Wildman–Crippen LogP) is 0.239. The number of carbonyl (C=O) groups is 2. The molecule has 1 aromatic heterocycles. The maximum atomic E-state index is 12.8. The number of fused-ring (bicyclic) bond motifs is 1. The number of hydrogen-bond acceptors (Lipinski definition) is 7. The van der Waals surface area contributed by atoms with Crippen molar-refractivity contribution in [3.8, 4) is 0 Å². The molecule has 1 aromatic rings. The van der Waals surface area contributed by atoms with Crippen molar-refractivity contribution in [2.75, 3.05) is 18.1 Å². The summed E-state index contributed by atoms with van der Waals surface area (Å²) < 4.78 is 39.0. The Kier molecular flexibility index (Phi) is 4.44. The van der Waals surface area contributed by atoms with Gasteiger partial charge in [-0.15, -0.1) is 22.0 Å². The standard InChI is InChI=1S/C12H14F3N5O3S2/c1-19-8(12(13,14)15)17-18-10(19)25-4-11(9(22)23)2-20-6(21)5(16)7(20)24-3-11/h5,7H,2-4,16H2,1H3,(H,22,23)/t5?,7-,11?/m1/s1. The molecule has 13 heteroatoms. The number of halogens is 3. The number of hydrogen-bond donors (Lipinski definition) is 2. The number of aromatic nitrogens is 3. The summed E-state index contributed by atoms with van der Waals surface area (Å²) in [7, 11) is 1.17. The van der Waals surface area contributed by atoms with E-state index in [-0.39, 0.29) is 34.5 Å². The van der Waals surface area contributed by atoms with Gasteiger partial charge in [-0.1, -0.05) is 11.8 Å². The summed E-state index contributed by atoms with van der Waals surface area (Å²) in [5, 5.41) is 16.0. The average Bonchev–Trinajstić information content (AvgIpc) is 2.92. The van der Waals surface area contributed by atoms with Gasteiger partial charge in [0.2, 0.25) is 11.7 Å². The Morgan fingerprint density at radius 2 is 2.20 bits per heavy atom. The van der Waals surface area contributed by atoms with E-state index in [0.29, 0.717) is 0 Å². The fourth-order valence-electron chi connectivity index (χ4n) is 2.70. The quantitative estimate of drug-likeness (QED) is 0.549. The molecule has 2 saturated heterocycles. The van der Waals surface area contributed by atoms with Gasteiger partial charge in [-0.25, -0.2) is 0 Å². The number of thioether (sulfide) groups is 2. The summed E-state index contributed by atoms with van der Waals surface area (Å²) >= 11 is 2.15. The van der Waals surface area contributed by atoms with Crippen LogP contribution >= 0.6 is 23.5 Å². The van der Waals surface area contributed by atoms with Crippen LogP contribution in [0.25, 0.3) is 0 Å². The van der Waals surface area contributed by atoms with Crippen molar-refractivity contribution in [3.63, 3.8) is 0 Å². The van der Waals surface area contributed by atoms with Crippen molar-refractivity contribution < 1.29 is 27.9 Å². The SMILES string of the molecule is Cn1c(SCC2(C(=O)O)CS[C@@H]3C(N)C(=O)N3C2)nnc1C(F)(F)F. The van der Waals surface area contributed by atoms with Gasteiger partial charge in [-0.05, 0) is 0 Å². The second kappa shape index (κ2) is 6.06. The van der Waals surface area contributed by atoms with Crippen LogP contribution in [0, 0.1) is 5.41 Å². The first kappa shape index (κ1) is 18.3. The minimum atomic E-state index is -4.64. The Labute approximate surface area is 148 Å². The molecule has 2 unspecified atom stereocenters. The molecule has 3 heterocycles. The van der Waals surface area contributed by atoms with Crippen LogP contribution in [0.3, 0.4) is 0 Å². The summed E-state index contributed by atoms with van der Waals surface area (Å²) in [5.41, 5.74) is 4.39.